The topological polar surface area (TPSA) is 39.2 Å². The summed E-state index contributed by atoms with van der Waals surface area (Å²) in [6, 6.07) is 8.35. The van der Waals surface area contributed by atoms with E-state index < -0.39 is 0 Å². The summed E-state index contributed by atoms with van der Waals surface area (Å²) >= 11 is 7.12. The molecule has 2 unspecified atom stereocenters. The summed E-state index contributed by atoms with van der Waals surface area (Å²) in [5, 5.41) is 0.330. The summed E-state index contributed by atoms with van der Waals surface area (Å²) in [6.07, 6.45) is 2.69. The van der Waals surface area contributed by atoms with E-state index in [9.17, 15) is 0 Å². The van der Waals surface area contributed by atoms with E-state index >= 15 is 0 Å². The highest BCUT2D eigenvalue weighted by molar-refractivity contribution is 9.11. The number of halogens is 1. The van der Waals surface area contributed by atoms with Crippen LogP contribution in [0.4, 0.5) is 0 Å². The third kappa shape index (κ3) is 3.63. The predicted octanol–water partition coefficient (Wildman–Crippen LogP) is 4.82. The summed E-state index contributed by atoms with van der Waals surface area (Å²) in [5.41, 5.74) is 6.24. The fourth-order valence-electron chi connectivity index (χ4n) is 1.68. The Bertz CT molecular complexity index is 469. The van der Waals surface area contributed by atoms with Gasteiger partial charge in [0.1, 0.15) is 5.76 Å². The highest BCUT2D eigenvalue weighted by Gasteiger charge is 2.21. The molecule has 0 fully saturated rings. The summed E-state index contributed by atoms with van der Waals surface area (Å²) in [4.78, 5) is 1.33. The SMILES string of the molecule is CCC(N)C(SCc1ccco1)c1ccc(Br)s1. The van der Waals surface area contributed by atoms with Crippen molar-refractivity contribution in [2.75, 3.05) is 0 Å². The van der Waals surface area contributed by atoms with Crippen LogP contribution in [-0.4, -0.2) is 6.04 Å². The summed E-state index contributed by atoms with van der Waals surface area (Å²) in [6.45, 7) is 2.13. The molecular formula is C13H16BrNOS2. The van der Waals surface area contributed by atoms with Crippen LogP contribution in [0.1, 0.15) is 29.2 Å². The summed E-state index contributed by atoms with van der Waals surface area (Å²) in [7, 11) is 0. The molecule has 0 saturated heterocycles. The van der Waals surface area contributed by atoms with Crippen molar-refractivity contribution in [1.82, 2.24) is 0 Å². The molecule has 2 N–H and O–H groups in total. The second-order valence-electron chi connectivity index (χ2n) is 4.02. The van der Waals surface area contributed by atoms with E-state index in [-0.39, 0.29) is 6.04 Å². The van der Waals surface area contributed by atoms with Gasteiger partial charge in [-0.2, -0.15) is 0 Å². The molecule has 2 atom stereocenters. The quantitative estimate of drug-likeness (QED) is 0.815. The molecular weight excluding hydrogens is 330 g/mol. The minimum atomic E-state index is 0.176. The first-order valence-electron chi connectivity index (χ1n) is 5.85. The Morgan fingerprint density at radius 2 is 2.28 bits per heavy atom. The first-order valence-corrected chi connectivity index (χ1v) is 8.51. The maximum atomic E-state index is 6.24. The van der Waals surface area contributed by atoms with Crippen LogP contribution in [0.25, 0.3) is 0 Å². The molecule has 0 aromatic carbocycles. The van der Waals surface area contributed by atoms with Gasteiger partial charge in [0.15, 0.2) is 0 Å². The number of rotatable bonds is 6. The number of thiophene rings is 1. The van der Waals surface area contributed by atoms with Crippen LogP contribution < -0.4 is 5.73 Å². The minimum Gasteiger partial charge on any atom is -0.468 e. The lowest BCUT2D eigenvalue weighted by atomic mass is 10.1. The molecule has 2 heterocycles. The smallest absolute Gasteiger partial charge is 0.113 e. The Hall–Kier alpha value is -0.230. The first-order chi connectivity index (χ1) is 8.70. The maximum Gasteiger partial charge on any atom is 0.113 e. The second-order valence-corrected chi connectivity index (χ2v) is 7.65. The van der Waals surface area contributed by atoms with Crippen molar-refractivity contribution >= 4 is 39.0 Å². The molecule has 0 spiro atoms. The first kappa shape index (κ1) is 14.2. The van der Waals surface area contributed by atoms with E-state index in [0.29, 0.717) is 5.25 Å². The lowest BCUT2D eigenvalue weighted by molar-refractivity contribution is 0.529. The van der Waals surface area contributed by atoms with Gasteiger partial charge in [-0.25, -0.2) is 0 Å². The van der Waals surface area contributed by atoms with E-state index in [1.54, 1.807) is 17.6 Å². The van der Waals surface area contributed by atoms with Gasteiger partial charge in [0, 0.05) is 10.9 Å². The normalized spacial score (nSPS) is 14.6. The molecule has 0 bridgehead atoms. The molecule has 0 amide bonds. The van der Waals surface area contributed by atoms with Crippen molar-refractivity contribution in [2.24, 2.45) is 5.73 Å². The van der Waals surface area contributed by atoms with Crippen LogP contribution in [0.3, 0.4) is 0 Å². The highest BCUT2D eigenvalue weighted by atomic mass is 79.9. The van der Waals surface area contributed by atoms with Crippen LogP contribution in [0.15, 0.2) is 38.7 Å². The number of furan rings is 1. The van der Waals surface area contributed by atoms with Crippen LogP contribution >= 0.6 is 39.0 Å². The van der Waals surface area contributed by atoms with Crippen molar-refractivity contribution in [3.63, 3.8) is 0 Å². The average Bonchev–Trinajstić information content (AvgIpc) is 3.01. The molecule has 18 heavy (non-hydrogen) atoms. The maximum absolute atomic E-state index is 6.24. The summed E-state index contributed by atoms with van der Waals surface area (Å²) < 4.78 is 6.53. The van der Waals surface area contributed by atoms with Gasteiger partial charge in [0.05, 0.1) is 21.1 Å². The van der Waals surface area contributed by atoms with Gasteiger partial charge < -0.3 is 10.2 Å². The Labute approximate surface area is 124 Å². The lowest BCUT2D eigenvalue weighted by Crippen LogP contribution is -2.25. The molecule has 98 valence electrons. The summed E-state index contributed by atoms with van der Waals surface area (Å²) in [5.74, 6) is 1.87. The van der Waals surface area contributed by atoms with Gasteiger partial charge in [-0.15, -0.1) is 23.1 Å². The zero-order valence-corrected chi connectivity index (χ0v) is 13.4. The monoisotopic (exact) mass is 345 g/mol. The Morgan fingerprint density at radius 1 is 1.44 bits per heavy atom. The fourth-order valence-corrected chi connectivity index (χ4v) is 4.70. The highest BCUT2D eigenvalue weighted by Crippen LogP contribution is 2.39. The zero-order chi connectivity index (χ0) is 13.0. The van der Waals surface area contributed by atoms with Crippen molar-refractivity contribution in [3.05, 3.63) is 45.0 Å². The van der Waals surface area contributed by atoms with Crippen molar-refractivity contribution in [2.45, 2.75) is 30.4 Å². The number of thioether (sulfide) groups is 1. The van der Waals surface area contributed by atoms with Crippen LogP contribution in [0.5, 0.6) is 0 Å². The van der Waals surface area contributed by atoms with Crippen LogP contribution in [0.2, 0.25) is 0 Å². The largest absolute Gasteiger partial charge is 0.468 e. The predicted molar refractivity (Wildman–Crippen MR) is 83.0 cm³/mol. The third-order valence-corrected chi connectivity index (χ3v) is 5.99. The molecule has 0 radical (unpaired) electrons. The fraction of sp³-hybridized carbons (Fsp3) is 0.385. The molecule has 5 heteroatoms. The van der Waals surface area contributed by atoms with Crippen molar-refractivity contribution < 1.29 is 4.42 Å². The molecule has 0 saturated carbocycles. The van der Waals surface area contributed by atoms with Crippen LogP contribution in [-0.2, 0) is 5.75 Å². The molecule has 0 aliphatic rings. The van der Waals surface area contributed by atoms with Crippen molar-refractivity contribution in [3.8, 4) is 0 Å². The molecule has 2 aromatic rings. The van der Waals surface area contributed by atoms with Crippen LogP contribution in [0, 0.1) is 0 Å². The number of hydrogen-bond acceptors (Lipinski definition) is 4. The van der Waals surface area contributed by atoms with Gasteiger partial charge in [-0.3, -0.25) is 0 Å². The molecule has 0 aliphatic carbocycles. The lowest BCUT2D eigenvalue weighted by Gasteiger charge is -2.20. The van der Waals surface area contributed by atoms with Gasteiger partial charge in [0.2, 0.25) is 0 Å². The standard InChI is InChI=1S/C13H16BrNOS2/c1-2-10(15)13(11-5-6-12(14)18-11)17-8-9-4-3-7-16-9/h3-7,10,13H,2,8,15H2,1H3. The number of hydrogen-bond donors (Lipinski definition) is 1. The van der Waals surface area contributed by atoms with E-state index in [0.717, 1.165) is 21.7 Å². The van der Waals surface area contributed by atoms with Crippen molar-refractivity contribution in [1.29, 1.82) is 0 Å². The second kappa shape index (κ2) is 6.80. The van der Waals surface area contributed by atoms with Gasteiger partial charge in [-0.1, -0.05) is 6.92 Å². The van der Waals surface area contributed by atoms with E-state index in [4.69, 9.17) is 10.2 Å². The van der Waals surface area contributed by atoms with Gasteiger partial charge in [-0.05, 0) is 46.6 Å². The molecule has 2 aromatic heterocycles. The Balaban J connectivity index is 2.05. The van der Waals surface area contributed by atoms with E-state index in [1.165, 1.54) is 4.88 Å². The Kier molecular flexibility index (Phi) is 5.36. The van der Waals surface area contributed by atoms with E-state index in [1.807, 2.05) is 23.9 Å². The minimum absolute atomic E-state index is 0.176. The third-order valence-electron chi connectivity index (χ3n) is 2.72. The van der Waals surface area contributed by atoms with E-state index in [2.05, 4.69) is 35.0 Å². The average molecular weight is 346 g/mol. The van der Waals surface area contributed by atoms with Gasteiger partial charge >= 0.3 is 0 Å². The zero-order valence-electron chi connectivity index (χ0n) is 10.1. The van der Waals surface area contributed by atoms with Gasteiger partial charge in [0.25, 0.3) is 0 Å². The molecule has 2 nitrogen and oxygen atoms in total. The molecule has 0 aliphatic heterocycles. The Morgan fingerprint density at radius 3 is 2.83 bits per heavy atom. The number of nitrogens with two attached hydrogens (primary N) is 1. The molecule has 2 rings (SSSR count).